The van der Waals surface area contributed by atoms with Gasteiger partial charge in [-0.3, -0.25) is 0 Å². The highest BCUT2D eigenvalue weighted by Gasteiger charge is 2.30. The minimum absolute atomic E-state index is 0.150. The van der Waals surface area contributed by atoms with Crippen LogP contribution < -0.4 is 0 Å². The summed E-state index contributed by atoms with van der Waals surface area (Å²) in [5.74, 6) is 0. The molecule has 0 amide bonds. The lowest BCUT2D eigenvalue weighted by molar-refractivity contribution is -0.137. The molecule has 0 unspecified atom stereocenters. The van der Waals surface area contributed by atoms with Crippen molar-refractivity contribution in [1.82, 2.24) is 0 Å². The van der Waals surface area contributed by atoms with Gasteiger partial charge in [-0.2, -0.15) is 18.4 Å². The molecule has 0 spiro atoms. The summed E-state index contributed by atoms with van der Waals surface area (Å²) in [7, 11) is 0. The molecule has 20 heavy (non-hydrogen) atoms. The zero-order valence-electron chi connectivity index (χ0n) is 10.2. The van der Waals surface area contributed by atoms with E-state index in [4.69, 9.17) is 16.9 Å². The van der Waals surface area contributed by atoms with Gasteiger partial charge in [-0.05, 0) is 29.3 Å². The van der Waals surface area contributed by atoms with Gasteiger partial charge in [-0.15, -0.1) is 0 Å². The van der Waals surface area contributed by atoms with Crippen molar-refractivity contribution in [3.05, 3.63) is 58.6 Å². The van der Waals surface area contributed by atoms with Crippen LogP contribution in [-0.4, -0.2) is 0 Å². The third-order valence-electron chi connectivity index (χ3n) is 2.87. The van der Waals surface area contributed by atoms with E-state index in [1.54, 1.807) is 18.2 Å². The Bertz CT molecular complexity index is 654. The molecule has 1 nitrogen and oxygen atoms in total. The Balaban J connectivity index is 2.50. The van der Waals surface area contributed by atoms with Crippen molar-refractivity contribution in [1.29, 1.82) is 5.26 Å². The van der Waals surface area contributed by atoms with Crippen molar-refractivity contribution in [3.8, 4) is 17.2 Å². The van der Waals surface area contributed by atoms with Crippen molar-refractivity contribution in [3.63, 3.8) is 0 Å². The van der Waals surface area contributed by atoms with Crippen LogP contribution in [0.15, 0.2) is 42.5 Å². The van der Waals surface area contributed by atoms with Crippen molar-refractivity contribution in [2.24, 2.45) is 0 Å². The molecule has 5 heteroatoms. The number of hydrogen-bond donors (Lipinski definition) is 0. The second-order valence-corrected chi connectivity index (χ2v) is 4.59. The van der Waals surface area contributed by atoms with Crippen LogP contribution in [0.2, 0.25) is 5.02 Å². The van der Waals surface area contributed by atoms with E-state index in [1.165, 1.54) is 12.1 Å². The summed E-state index contributed by atoms with van der Waals surface area (Å²) in [4.78, 5) is 0. The summed E-state index contributed by atoms with van der Waals surface area (Å²) in [6.07, 6.45) is -4.22. The first-order valence-corrected chi connectivity index (χ1v) is 6.13. The Hall–Kier alpha value is -1.99. The number of rotatable bonds is 2. The Morgan fingerprint density at radius 1 is 1.05 bits per heavy atom. The van der Waals surface area contributed by atoms with Crippen molar-refractivity contribution >= 4 is 11.6 Å². The topological polar surface area (TPSA) is 23.8 Å². The second-order valence-electron chi connectivity index (χ2n) is 4.18. The van der Waals surface area contributed by atoms with Gasteiger partial charge in [0, 0.05) is 10.6 Å². The summed E-state index contributed by atoms with van der Waals surface area (Å²) >= 11 is 6.10. The Morgan fingerprint density at radius 2 is 1.70 bits per heavy atom. The van der Waals surface area contributed by atoms with E-state index in [2.05, 4.69) is 0 Å². The minimum Gasteiger partial charge on any atom is -0.198 e. The SMILES string of the molecule is N#CCc1cccc(Cl)c1-c1ccc(C(F)(F)F)cc1. The highest BCUT2D eigenvalue weighted by atomic mass is 35.5. The normalized spacial score (nSPS) is 11.2. The first-order valence-electron chi connectivity index (χ1n) is 5.75. The van der Waals surface area contributed by atoms with Crippen LogP contribution in [-0.2, 0) is 12.6 Å². The van der Waals surface area contributed by atoms with Gasteiger partial charge in [-0.1, -0.05) is 35.9 Å². The highest BCUT2D eigenvalue weighted by molar-refractivity contribution is 6.33. The molecular formula is C15H9ClF3N. The average molecular weight is 296 g/mol. The van der Waals surface area contributed by atoms with E-state index in [-0.39, 0.29) is 6.42 Å². The fourth-order valence-electron chi connectivity index (χ4n) is 1.95. The van der Waals surface area contributed by atoms with Gasteiger partial charge in [0.2, 0.25) is 0 Å². The number of halogens is 4. The Labute approximate surface area is 119 Å². The fourth-order valence-corrected chi connectivity index (χ4v) is 2.25. The molecule has 0 saturated heterocycles. The van der Waals surface area contributed by atoms with Crippen LogP contribution in [0.25, 0.3) is 11.1 Å². The molecule has 0 N–H and O–H groups in total. The molecule has 2 aromatic carbocycles. The maximum absolute atomic E-state index is 12.5. The maximum Gasteiger partial charge on any atom is 0.416 e. The van der Waals surface area contributed by atoms with Crippen LogP contribution in [0.3, 0.4) is 0 Å². The van der Waals surface area contributed by atoms with Gasteiger partial charge in [0.05, 0.1) is 18.1 Å². The van der Waals surface area contributed by atoms with Crippen molar-refractivity contribution < 1.29 is 13.2 Å². The molecule has 0 aromatic heterocycles. The zero-order valence-corrected chi connectivity index (χ0v) is 11.0. The van der Waals surface area contributed by atoms with E-state index < -0.39 is 11.7 Å². The summed E-state index contributed by atoms with van der Waals surface area (Å²) < 4.78 is 37.6. The molecule has 0 radical (unpaired) electrons. The summed E-state index contributed by atoms with van der Waals surface area (Å²) in [5.41, 5.74) is 1.15. The lowest BCUT2D eigenvalue weighted by Gasteiger charge is -2.11. The van der Waals surface area contributed by atoms with Crippen LogP contribution in [0.5, 0.6) is 0 Å². The number of nitrogens with zero attached hydrogens (tertiary/aromatic N) is 1. The number of alkyl halides is 3. The highest BCUT2D eigenvalue weighted by Crippen LogP contribution is 2.34. The predicted octanol–water partition coefficient (Wildman–Crippen LogP) is 5.09. The molecule has 0 heterocycles. The van der Waals surface area contributed by atoms with Gasteiger partial charge in [-0.25, -0.2) is 0 Å². The molecule has 0 bridgehead atoms. The molecule has 0 fully saturated rings. The van der Waals surface area contributed by atoms with Gasteiger partial charge >= 0.3 is 6.18 Å². The third-order valence-corrected chi connectivity index (χ3v) is 3.19. The van der Waals surface area contributed by atoms with E-state index in [0.717, 1.165) is 12.1 Å². The van der Waals surface area contributed by atoms with Crippen LogP contribution in [0.1, 0.15) is 11.1 Å². The number of nitriles is 1. The Morgan fingerprint density at radius 3 is 2.25 bits per heavy atom. The van der Waals surface area contributed by atoms with Gasteiger partial charge in [0.15, 0.2) is 0 Å². The third kappa shape index (κ3) is 2.94. The molecule has 2 aromatic rings. The first kappa shape index (κ1) is 14.4. The van der Waals surface area contributed by atoms with Gasteiger partial charge < -0.3 is 0 Å². The summed E-state index contributed by atoms with van der Waals surface area (Å²) in [6.45, 7) is 0. The lowest BCUT2D eigenvalue weighted by atomic mass is 9.97. The largest absolute Gasteiger partial charge is 0.416 e. The lowest BCUT2D eigenvalue weighted by Crippen LogP contribution is -2.04. The fraction of sp³-hybridized carbons (Fsp3) is 0.133. The molecule has 0 aliphatic carbocycles. The van der Waals surface area contributed by atoms with E-state index in [0.29, 0.717) is 21.7 Å². The molecule has 102 valence electrons. The predicted molar refractivity (Wildman–Crippen MR) is 71.2 cm³/mol. The first-order chi connectivity index (χ1) is 9.43. The minimum atomic E-state index is -4.37. The standard InChI is InChI=1S/C15H9ClF3N/c16-13-3-1-2-10(8-9-20)14(13)11-4-6-12(7-5-11)15(17,18)19/h1-7H,8H2. The quantitative estimate of drug-likeness (QED) is 0.757. The second kappa shape index (κ2) is 5.56. The van der Waals surface area contributed by atoms with E-state index >= 15 is 0 Å². The maximum atomic E-state index is 12.5. The molecule has 0 atom stereocenters. The summed E-state index contributed by atoms with van der Waals surface area (Å²) in [6, 6.07) is 11.9. The monoisotopic (exact) mass is 295 g/mol. The number of hydrogen-bond acceptors (Lipinski definition) is 1. The van der Waals surface area contributed by atoms with Crippen LogP contribution >= 0.6 is 11.6 Å². The smallest absolute Gasteiger partial charge is 0.198 e. The van der Waals surface area contributed by atoms with E-state index in [9.17, 15) is 13.2 Å². The molecule has 0 aliphatic heterocycles. The van der Waals surface area contributed by atoms with Crippen molar-refractivity contribution in [2.75, 3.05) is 0 Å². The van der Waals surface area contributed by atoms with Gasteiger partial charge in [0.25, 0.3) is 0 Å². The number of benzene rings is 2. The van der Waals surface area contributed by atoms with Crippen LogP contribution in [0, 0.1) is 11.3 Å². The summed E-state index contributed by atoms with van der Waals surface area (Å²) in [5, 5.41) is 9.21. The molecular weight excluding hydrogens is 287 g/mol. The molecule has 0 saturated carbocycles. The molecule has 2 rings (SSSR count). The van der Waals surface area contributed by atoms with Gasteiger partial charge in [0.1, 0.15) is 0 Å². The van der Waals surface area contributed by atoms with Crippen LogP contribution in [0.4, 0.5) is 13.2 Å². The Kier molecular flexibility index (Phi) is 4.01. The van der Waals surface area contributed by atoms with E-state index in [1.807, 2.05) is 6.07 Å². The average Bonchev–Trinajstić information content (AvgIpc) is 2.38. The zero-order chi connectivity index (χ0) is 14.8. The van der Waals surface area contributed by atoms with Crippen molar-refractivity contribution in [2.45, 2.75) is 12.6 Å². The molecule has 0 aliphatic rings.